The Hall–Kier alpha value is -2.59. The summed E-state index contributed by atoms with van der Waals surface area (Å²) < 4.78 is 0. The Morgan fingerprint density at radius 3 is 2.22 bits per heavy atom. The fourth-order valence-electron chi connectivity index (χ4n) is 3.33. The number of likely N-dealkylation sites (N-methyl/N-ethyl adjacent to an activating group) is 1. The number of aryl methyl sites for hydroxylation is 3. The minimum absolute atomic E-state index is 0.111. The summed E-state index contributed by atoms with van der Waals surface area (Å²) in [5.41, 5.74) is 6.80. The molecule has 0 aromatic heterocycles. The van der Waals surface area contributed by atoms with Gasteiger partial charge < -0.3 is 15.1 Å². The van der Waals surface area contributed by atoms with Crippen LogP contribution in [-0.4, -0.2) is 44.0 Å². The van der Waals surface area contributed by atoms with E-state index in [9.17, 15) is 4.79 Å². The van der Waals surface area contributed by atoms with Gasteiger partial charge in [0.15, 0.2) is 0 Å². The average molecular weight is 364 g/mol. The molecule has 0 radical (unpaired) electrons. The summed E-state index contributed by atoms with van der Waals surface area (Å²) in [7, 11) is 2.16. The second-order valence-corrected chi connectivity index (χ2v) is 7.45. The van der Waals surface area contributed by atoms with Gasteiger partial charge in [-0.15, -0.1) is 0 Å². The predicted octanol–water partition coefficient (Wildman–Crippen LogP) is 4.02. The van der Waals surface area contributed by atoms with Crippen molar-refractivity contribution >= 4 is 23.4 Å². The van der Waals surface area contributed by atoms with Gasteiger partial charge in [0, 0.05) is 43.6 Å². The minimum Gasteiger partial charge on any atom is -0.369 e. The molecule has 1 N–H and O–H groups in total. The fourth-order valence-corrected chi connectivity index (χ4v) is 3.33. The maximum absolute atomic E-state index is 12.3. The van der Waals surface area contributed by atoms with Gasteiger partial charge in [0.05, 0.1) is 0 Å². The lowest BCUT2D eigenvalue weighted by Gasteiger charge is -2.34. The van der Waals surface area contributed by atoms with E-state index in [1.165, 1.54) is 22.4 Å². The van der Waals surface area contributed by atoms with Crippen LogP contribution < -0.4 is 10.2 Å². The topological polar surface area (TPSA) is 35.6 Å². The molecular formula is C23H29N3O. The van der Waals surface area contributed by atoms with E-state index in [-0.39, 0.29) is 5.91 Å². The number of piperazine rings is 1. The van der Waals surface area contributed by atoms with E-state index >= 15 is 0 Å². The number of hydrogen-bond acceptors (Lipinski definition) is 3. The SMILES string of the molecule is Cc1cc(C)c(/C=C/C(=O)Nc2ccc(N3CCN(C)CC3)cc2)cc1C. The van der Waals surface area contributed by atoms with Crippen LogP contribution >= 0.6 is 0 Å². The summed E-state index contributed by atoms with van der Waals surface area (Å²) in [6.45, 7) is 10.5. The van der Waals surface area contributed by atoms with E-state index in [0.29, 0.717) is 0 Å². The molecule has 0 bridgehead atoms. The van der Waals surface area contributed by atoms with Crippen LogP contribution in [0.2, 0.25) is 0 Å². The summed E-state index contributed by atoms with van der Waals surface area (Å²) >= 11 is 0. The number of hydrogen-bond donors (Lipinski definition) is 1. The molecule has 1 aliphatic heterocycles. The van der Waals surface area contributed by atoms with Gasteiger partial charge in [0.25, 0.3) is 0 Å². The van der Waals surface area contributed by atoms with Crippen molar-refractivity contribution < 1.29 is 4.79 Å². The molecule has 3 rings (SSSR count). The van der Waals surface area contributed by atoms with Gasteiger partial charge in [-0.1, -0.05) is 12.1 Å². The second-order valence-electron chi connectivity index (χ2n) is 7.45. The molecule has 0 unspecified atom stereocenters. The van der Waals surface area contributed by atoms with Gasteiger partial charge in [-0.3, -0.25) is 4.79 Å². The van der Waals surface area contributed by atoms with Crippen molar-refractivity contribution in [3.05, 3.63) is 64.7 Å². The van der Waals surface area contributed by atoms with E-state index in [0.717, 1.165) is 37.4 Å². The lowest BCUT2D eigenvalue weighted by Crippen LogP contribution is -2.44. The quantitative estimate of drug-likeness (QED) is 0.834. The smallest absolute Gasteiger partial charge is 0.248 e. The molecule has 0 atom stereocenters. The molecule has 4 heteroatoms. The predicted molar refractivity (Wildman–Crippen MR) is 114 cm³/mol. The summed E-state index contributed by atoms with van der Waals surface area (Å²) in [6.07, 6.45) is 3.49. The van der Waals surface area contributed by atoms with Crippen molar-refractivity contribution in [2.45, 2.75) is 20.8 Å². The number of anilines is 2. The lowest BCUT2D eigenvalue weighted by atomic mass is 10.0. The highest BCUT2D eigenvalue weighted by Crippen LogP contribution is 2.20. The Balaban J connectivity index is 1.60. The van der Waals surface area contributed by atoms with Crippen molar-refractivity contribution in [2.75, 3.05) is 43.4 Å². The Morgan fingerprint density at radius 2 is 1.56 bits per heavy atom. The zero-order valence-electron chi connectivity index (χ0n) is 16.7. The number of benzene rings is 2. The molecular weight excluding hydrogens is 334 g/mol. The molecule has 1 heterocycles. The average Bonchev–Trinajstić information content (AvgIpc) is 2.65. The normalized spacial score (nSPS) is 15.3. The van der Waals surface area contributed by atoms with Crippen molar-refractivity contribution in [1.29, 1.82) is 0 Å². The van der Waals surface area contributed by atoms with Gasteiger partial charge in [0.2, 0.25) is 5.91 Å². The first-order valence-electron chi connectivity index (χ1n) is 9.53. The monoisotopic (exact) mass is 363 g/mol. The van der Waals surface area contributed by atoms with Crippen molar-refractivity contribution in [3.63, 3.8) is 0 Å². The molecule has 1 fully saturated rings. The van der Waals surface area contributed by atoms with Gasteiger partial charge in [-0.2, -0.15) is 0 Å². The number of carbonyl (C=O) groups is 1. The molecule has 2 aromatic rings. The molecule has 0 aliphatic carbocycles. The van der Waals surface area contributed by atoms with Crippen LogP contribution in [-0.2, 0) is 4.79 Å². The number of nitrogens with zero attached hydrogens (tertiary/aromatic N) is 2. The second kappa shape index (κ2) is 8.40. The maximum atomic E-state index is 12.3. The first-order valence-corrected chi connectivity index (χ1v) is 9.53. The number of carbonyl (C=O) groups excluding carboxylic acids is 1. The molecule has 0 spiro atoms. The molecule has 4 nitrogen and oxygen atoms in total. The van der Waals surface area contributed by atoms with Crippen molar-refractivity contribution in [1.82, 2.24) is 4.90 Å². The summed E-state index contributed by atoms with van der Waals surface area (Å²) in [4.78, 5) is 17.0. The Morgan fingerprint density at radius 1 is 0.926 bits per heavy atom. The summed E-state index contributed by atoms with van der Waals surface area (Å²) in [5.74, 6) is -0.111. The van der Waals surface area contributed by atoms with Crippen molar-refractivity contribution in [3.8, 4) is 0 Å². The highest BCUT2D eigenvalue weighted by atomic mass is 16.1. The van der Waals surface area contributed by atoms with E-state index in [2.05, 4.69) is 67.2 Å². The van der Waals surface area contributed by atoms with E-state index in [4.69, 9.17) is 0 Å². The van der Waals surface area contributed by atoms with Crippen molar-refractivity contribution in [2.24, 2.45) is 0 Å². The summed E-state index contributed by atoms with van der Waals surface area (Å²) in [5, 5.41) is 2.94. The molecule has 142 valence electrons. The van der Waals surface area contributed by atoms with E-state index < -0.39 is 0 Å². The third kappa shape index (κ3) is 4.98. The van der Waals surface area contributed by atoms with E-state index in [1.54, 1.807) is 6.08 Å². The number of rotatable bonds is 4. The number of nitrogens with one attached hydrogen (secondary N) is 1. The van der Waals surface area contributed by atoms with Gasteiger partial charge in [-0.25, -0.2) is 0 Å². The largest absolute Gasteiger partial charge is 0.369 e. The van der Waals surface area contributed by atoms with Crippen LogP contribution in [0, 0.1) is 20.8 Å². The van der Waals surface area contributed by atoms with Gasteiger partial charge in [0.1, 0.15) is 0 Å². The Bertz CT molecular complexity index is 831. The van der Waals surface area contributed by atoms with Crippen LogP contribution in [0.4, 0.5) is 11.4 Å². The van der Waals surface area contributed by atoms with Crippen LogP contribution in [0.15, 0.2) is 42.5 Å². The summed E-state index contributed by atoms with van der Waals surface area (Å²) in [6, 6.07) is 12.4. The fraction of sp³-hybridized carbons (Fsp3) is 0.348. The van der Waals surface area contributed by atoms with Crippen LogP contribution in [0.5, 0.6) is 0 Å². The molecule has 1 saturated heterocycles. The molecule has 1 amide bonds. The third-order valence-corrected chi connectivity index (χ3v) is 5.30. The van der Waals surface area contributed by atoms with E-state index in [1.807, 2.05) is 18.2 Å². The third-order valence-electron chi connectivity index (χ3n) is 5.30. The zero-order chi connectivity index (χ0) is 19.4. The first-order chi connectivity index (χ1) is 12.9. The van der Waals surface area contributed by atoms with Crippen LogP contribution in [0.25, 0.3) is 6.08 Å². The van der Waals surface area contributed by atoms with Gasteiger partial charge >= 0.3 is 0 Å². The first kappa shape index (κ1) is 19.2. The lowest BCUT2D eigenvalue weighted by molar-refractivity contribution is -0.111. The zero-order valence-corrected chi connectivity index (χ0v) is 16.7. The highest BCUT2D eigenvalue weighted by Gasteiger charge is 2.14. The molecule has 27 heavy (non-hydrogen) atoms. The maximum Gasteiger partial charge on any atom is 0.248 e. The standard InChI is InChI=1S/C23H29N3O/c1-17-15-19(3)20(16-18(17)2)5-10-23(27)24-21-6-8-22(9-7-21)26-13-11-25(4)12-14-26/h5-10,15-16H,11-14H2,1-4H3,(H,24,27)/b10-5+. The van der Waals surface area contributed by atoms with Gasteiger partial charge in [-0.05, 0) is 80.4 Å². The molecule has 1 aliphatic rings. The molecule has 0 saturated carbocycles. The highest BCUT2D eigenvalue weighted by molar-refractivity contribution is 6.02. The Kier molecular flexibility index (Phi) is 5.97. The van der Waals surface area contributed by atoms with Crippen LogP contribution in [0.1, 0.15) is 22.3 Å². The molecule has 2 aromatic carbocycles. The Labute approximate surface area is 162 Å². The minimum atomic E-state index is -0.111. The number of amides is 1. The van der Waals surface area contributed by atoms with Crippen LogP contribution in [0.3, 0.4) is 0 Å².